The van der Waals surface area contributed by atoms with Gasteiger partial charge in [0.15, 0.2) is 0 Å². The Kier molecular flexibility index (Phi) is 7.81. The standard InChI is InChI=1S/C33H45N3O6/c1-8-41-24-13-11-22(12-14-24)34-17-9-15-32(7)25(28(34)38)26-29(39)36(23(20-37)19-21(2)3)27-30(40)35(31(4,5)6)18-10-16-33(26,27)42-32/h9-16,21,23,25-27,37H,8,17-20H2,1-7H3/t23-,25-,26+,27?,32+,33+/m1/s1. The number of likely N-dealkylation sites (tertiary alicyclic amines) is 1. The first kappa shape index (κ1) is 30.3. The Morgan fingerprint density at radius 3 is 2.26 bits per heavy atom. The van der Waals surface area contributed by atoms with E-state index in [1.54, 1.807) is 14.7 Å². The molecular formula is C33H45N3O6. The molecule has 1 spiro atoms. The number of rotatable bonds is 7. The molecule has 228 valence electrons. The van der Waals surface area contributed by atoms with E-state index >= 15 is 0 Å². The zero-order valence-corrected chi connectivity index (χ0v) is 25.9. The second-order valence-corrected chi connectivity index (χ2v) is 13.5. The highest BCUT2D eigenvalue weighted by Gasteiger charge is 2.75. The number of ether oxygens (including phenoxy) is 2. The predicted octanol–water partition coefficient (Wildman–Crippen LogP) is 3.56. The molecular weight excluding hydrogens is 534 g/mol. The van der Waals surface area contributed by atoms with Crippen LogP contribution in [0.5, 0.6) is 5.75 Å². The van der Waals surface area contributed by atoms with Crippen LogP contribution >= 0.6 is 0 Å². The van der Waals surface area contributed by atoms with Crippen molar-refractivity contribution in [2.45, 2.75) is 83.7 Å². The first-order chi connectivity index (χ1) is 19.8. The Morgan fingerprint density at radius 1 is 1.00 bits per heavy atom. The zero-order valence-electron chi connectivity index (χ0n) is 25.9. The van der Waals surface area contributed by atoms with Crippen molar-refractivity contribution in [1.82, 2.24) is 9.80 Å². The maximum absolute atomic E-state index is 14.7. The number of hydrogen-bond acceptors (Lipinski definition) is 6. The Balaban J connectivity index is 1.63. The van der Waals surface area contributed by atoms with Gasteiger partial charge in [-0.05, 0) is 71.2 Å². The fraction of sp³-hybridized carbons (Fsp3) is 0.606. The van der Waals surface area contributed by atoms with Crippen LogP contribution < -0.4 is 9.64 Å². The Morgan fingerprint density at radius 2 is 1.67 bits per heavy atom. The van der Waals surface area contributed by atoms with Gasteiger partial charge in [0.05, 0.1) is 36.7 Å². The van der Waals surface area contributed by atoms with Gasteiger partial charge in [0.2, 0.25) is 17.7 Å². The number of benzene rings is 1. The van der Waals surface area contributed by atoms with E-state index in [9.17, 15) is 19.5 Å². The van der Waals surface area contributed by atoms with Gasteiger partial charge in [-0.3, -0.25) is 14.4 Å². The lowest BCUT2D eigenvalue weighted by atomic mass is 9.74. The summed E-state index contributed by atoms with van der Waals surface area (Å²) in [5, 5.41) is 10.5. The molecule has 4 aliphatic rings. The third kappa shape index (κ3) is 4.74. The number of fused-ring (bicyclic) bond motifs is 2. The van der Waals surface area contributed by atoms with Crippen LogP contribution in [0.25, 0.3) is 0 Å². The molecule has 1 aromatic carbocycles. The number of anilines is 1. The van der Waals surface area contributed by atoms with E-state index in [1.807, 2.05) is 97.0 Å². The quantitative estimate of drug-likeness (QED) is 0.496. The van der Waals surface area contributed by atoms with Gasteiger partial charge in [-0.2, -0.15) is 0 Å². The molecule has 2 saturated heterocycles. The van der Waals surface area contributed by atoms with Crippen molar-refractivity contribution in [2.24, 2.45) is 17.8 Å². The minimum atomic E-state index is -1.36. The molecule has 0 radical (unpaired) electrons. The molecule has 2 fully saturated rings. The van der Waals surface area contributed by atoms with E-state index < -0.39 is 40.7 Å². The Labute approximate surface area is 249 Å². The molecule has 1 unspecified atom stereocenters. The highest BCUT2D eigenvalue weighted by molar-refractivity contribution is 6.04. The van der Waals surface area contributed by atoms with Crippen LogP contribution in [0, 0.1) is 17.8 Å². The van der Waals surface area contributed by atoms with Crippen LogP contribution in [-0.2, 0) is 19.1 Å². The molecule has 42 heavy (non-hydrogen) atoms. The van der Waals surface area contributed by atoms with Gasteiger partial charge < -0.3 is 29.3 Å². The van der Waals surface area contributed by atoms with Gasteiger partial charge in [-0.1, -0.05) is 38.2 Å². The average Bonchev–Trinajstić information content (AvgIpc) is 3.18. The van der Waals surface area contributed by atoms with Gasteiger partial charge in [0.1, 0.15) is 17.4 Å². The van der Waals surface area contributed by atoms with E-state index in [0.29, 0.717) is 37.6 Å². The summed E-state index contributed by atoms with van der Waals surface area (Å²) in [4.78, 5) is 48.7. The average molecular weight is 580 g/mol. The Hall–Kier alpha value is -3.17. The molecule has 6 atom stereocenters. The minimum Gasteiger partial charge on any atom is -0.494 e. The summed E-state index contributed by atoms with van der Waals surface area (Å²) >= 11 is 0. The fourth-order valence-electron chi connectivity index (χ4n) is 7.40. The summed E-state index contributed by atoms with van der Waals surface area (Å²) in [6.45, 7) is 14.6. The van der Waals surface area contributed by atoms with Gasteiger partial charge in [-0.15, -0.1) is 0 Å². The fourth-order valence-corrected chi connectivity index (χ4v) is 7.40. The summed E-state index contributed by atoms with van der Waals surface area (Å²) in [6, 6.07) is 5.75. The van der Waals surface area contributed by atoms with Crippen LogP contribution in [0.1, 0.15) is 54.9 Å². The van der Waals surface area contributed by atoms with Gasteiger partial charge in [0, 0.05) is 24.3 Å². The number of aliphatic hydroxyl groups is 1. The van der Waals surface area contributed by atoms with Gasteiger partial charge in [0.25, 0.3) is 0 Å². The maximum Gasteiger partial charge on any atom is 0.249 e. The number of hydrogen-bond donors (Lipinski definition) is 1. The summed E-state index contributed by atoms with van der Waals surface area (Å²) in [5.41, 5.74) is -2.30. The molecule has 0 bridgehead atoms. The second kappa shape index (κ2) is 10.8. The van der Waals surface area contributed by atoms with Crippen molar-refractivity contribution in [2.75, 3.05) is 31.2 Å². The summed E-state index contributed by atoms with van der Waals surface area (Å²) in [7, 11) is 0. The number of carbonyl (C=O) groups is 3. The highest BCUT2D eigenvalue weighted by atomic mass is 16.5. The number of amides is 3. The maximum atomic E-state index is 14.7. The molecule has 3 amide bonds. The zero-order chi connectivity index (χ0) is 30.6. The first-order valence-corrected chi connectivity index (χ1v) is 15.1. The van der Waals surface area contributed by atoms with Crippen molar-refractivity contribution >= 4 is 23.4 Å². The van der Waals surface area contributed by atoms with Crippen molar-refractivity contribution < 1.29 is 29.0 Å². The molecule has 1 aromatic rings. The first-order valence-electron chi connectivity index (χ1n) is 15.1. The van der Waals surface area contributed by atoms with Crippen molar-refractivity contribution in [1.29, 1.82) is 0 Å². The molecule has 5 rings (SSSR count). The minimum absolute atomic E-state index is 0.172. The van der Waals surface area contributed by atoms with Crippen LogP contribution in [0.15, 0.2) is 48.6 Å². The summed E-state index contributed by atoms with van der Waals surface area (Å²) < 4.78 is 12.5. The normalized spacial score (nSPS) is 31.7. The lowest BCUT2D eigenvalue weighted by Gasteiger charge is -2.43. The smallest absolute Gasteiger partial charge is 0.249 e. The second-order valence-electron chi connectivity index (χ2n) is 13.5. The predicted molar refractivity (Wildman–Crippen MR) is 160 cm³/mol. The highest BCUT2D eigenvalue weighted by Crippen LogP contribution is 2.58. The molecule has 9 nitrogen and oxygen atoms in total. The van der Waals surface area contributed by atoms with Crippen molar-refractivity contribution in [3.63, 3.8) is 0 Å². The van der Waals surface area contributed by atoms with Crippen molar-refractivity contribution in [3.05, 3.63) is 48.6 Å². The molecule has 0 saturated carbocycles. The number of carbonyl (C=O) groups excluding carboxylic acids is 3. The van der Waals surface area contributed by atoms with Crippen LogP contribution in [0.2, 0.25) is 0 Å². The topological polar surface area (TPSA) is 99.6 Å². The molecule has 4 heterocycles. The lowest BCUT2D eigenvalue weighted by molar-refractivity contribution is -0.157. The molecule has 1 N–H and O–H groups in total. The number of aliphatic hydroxyl groups excluding tert-OH is 1. The lowest BCUT2D eigenvalue weighted by Crippen LogP contribution is -2.61. The number of nitrogens with zero attached hydrogens (tertiary/aromatic N) is 3. The van der Waals surface area contributed by atoms with E-state index in [-0.39, 0.29) is 30.2 Å². The summed E-state index contributed by atoms with van der Waals surface area (Å²) in [6.07, 6.45) is 8.06. The third-order valence-corrected chi connectivity index (χ3v) is 9.11. The Bertz CT molecular complexity index is 1280. The van der Waals surface area contributed by atoms with E-state index in [4.69, 9.17) is 9.47 Å². The van der Waals surface area contributed by atoms with E-state index in [2.05, 4.69) is 0 Å². The molecule has 4 aliphatic heterocycles. The summed E-state index contributed by atoms with van der Waals surface area (Å²) in [5.74, 6) is -1.71. The molecule has 9 heteroatoms. The van der Waals surface area contributed by atoms with E-state index in [0.717, 1.165) is 0 Å². The van der Waals surface area contributed by atoms with Crippen molar-refractivity contribution in [3.8, 4) is 5.75 Å². The SMILES string of the molecule is CCOc1ccc(N2CC=C[C@]3(C)O[C@]45C=CCN(C(C)(C)C)C(=O)C4N([C@@H](CO)CC(C)C)C(=O)[C@@H]5[C@@H]3C2=O)cc1. The van der Waals surface area contributed by atoms with E-state index in [1.165, 1.54) is 0 Å². The molecule has 0 aliphatic carbocycles. The van der Waals surface area contributed by atoms with Crippen LogP contribution in [0.4, 0.5) is 5.69 Å². The third-order valence-electron chi connectivity index (χ3n) is 9.11. The monoisotopic (exact) mass is 579 g/mol. The molecule has 0 aromatic heterocycles. The van der Waals surface area contributed by atoms with Crippen LogP contribution in [-0.4, -0.2) is 87.8 Å². The van der Waals surface area contributed by atoms with Gasteiger partial charge >= 0.3 is 0 Å². The largest absolute Gasteiger partial charge is 0.494 e. The van der Waals surface area contributed by atoms with Gasteiger partial charge in [-0.25, -0.2) is 0 Å². The van der Waals surface area contributed by atoms with Crippen LogP contribution in [0.3, 0.4) is 0 Å².